The molecule has 1 heterocycles. The van der Waals surface area contributed by atoms with E-state index in [1.165, 1.54) is 22.4 Å². The Balaban J connectivity index is 2.38. The number of benzene rings is 1. The van der Waals surface area contributed by atoms with E-state index in [-0.39, 0.29) is 0 Å². The first-order valence-electron chi connectivity index (χ1n) is 7.57. The first-order valence-corrected chi connectivity index (χ1v) is 7.95. The topological polar surface area (TPSA) is 29.9 Å². The van der Waals surface area contributed by atoms with E-state index >= 15 is 0 Å². The van der Waals surface area contributed by atoms with E-state index in [1.54, 1.807) is 0 Å². The van der Waals surface area contributed by atoms with Gasteiger partial charge in [0.15, 0.2) is 0 Å². The van der Waals surface area contributed by atoms with Crippen molar-refractivity contribution in [3.63, 3.8) is 0 Å². The van der Waals surface area contributed by atoms with Gasteiger partial charge in [-0.15, -0.1) is 0 Å². The quantitative estimate of drug-likeness (QED) is 0.856. The van der Waals surface area contributed by atoms with E-state index < -0.39 is 0 Å². The largest absolute Gasteiger partial charge is 0.310 e. The fraction of sp³-hybridized carbons (Fsp3) is 0.471. The molecule has 0 fully saturated rings. The molecule has 0 radical (unpaired) electrons. The Hall–Kier alpha value is -1.32. The molecule has 21 heavy (non-hydrogen) atoms. The molecular formula is C17H24ClN3. The highest BCUT2D eigenvalue weighted by atomic mass is 35.5. The predicted octanol–water partition coefficient (Wildman–Crippen LogP) is 4.42. The lowest BCUT2D eigenvalue weighted by Crippen LogP contribution is -2.22. The van der Waals surface area contributed by atoms with Gasteiger partial charge in [0.2, 0.25) is 0 Å². The Kier molecular flexibility index (Phi) is 5.43. The second-order valence-electron chi connectivity index (χ2n) is 5.70. The number of hydrogen-bond acceptors (Lipinski definition) is 2. The molecule has 3 nitrogen and oxygen atoms in total. The van der Waals surface area contributed by atoms with E-state index in [0.29, 0.717) is 6.04 Å². The molecule has 0 saturated carbocycles. The average Bonchev–Trinajstić information content (AvgIpc) is 2.79. The summed E-state index contributed by atoms with van der Waals surface area (Å²) >= 11 is 6.17. The van der Waals surface area contributed by atoms with Crippen molar-refractivity contribution in [1.29, 1.82) is 0 Å². The van der Waals surface area contributed by atoms with Crippen LogP contribution in [0.5, 0.6) is 0 Å². The van der Waals surface area contributed by atoms with Crippen molar-refractivity contribution in [1.82, 2.24) is 15.1 Å². The van der Waals surface area contributed by atoms with Crippen LogP contribution in [0.3, 0.4) is 0 Å². The summed E-state index contributed by atoms with van der Waals surface area (Å²) in [6.07, 6.45) is 3.05. The van der Waals surface area contributed by atoms with Gasteiger partial charge in [0, 0.05) is 35.4 Å². The van der Waals surface area contributed by atoms with Crippen LogP contribution in [0.4, 0.5) is 0 Å². The smallest absolute Gasteiger partial charge is 0.0571 e. The van der Waals surface area contributed by atoms with Crippen molar-refractivity contribution in [2.75, 3.05) is 0 Å². The molecule has 0 unspecified atom stereocenters. The second kappa shape index (κ2) is 7.10. The van der Waals surface area contributed by atoms with Gasteiger partial charge in [-0.2, -0.15) is 5.10 Å². The van der Waals surface area contributed by atoms with Gasteiger partial charge in [-0.25, -0.2) is 0 Å². The molecule has 1 aromatic carbocycles. The zero-order valence-corrected chi connectivity index (χ0v) is 14.0. The first kappa shape index (κ1) is 16.1. The summed E-state index contributed by atoms with van der Waals surface area (Å²) in [5.41, 5.74) is 4.84. The van der Waals surface area contributed by atoms with Gasteiger partial charge < -0.3 is 5.32 Å². The summed E-state index contributed by atoms with van der Waals surface area (Å²) in [6, 6.07) is 6.54. The third-order valence-corrected chi connectivity index (χ3v) is 3.83. The third kappa shape index (κ3) is 3.86. The Morgan fingerprint density at radius 3 is 2.71 bits per heavy atom. The van der Waals surface area contributed by atoms with Crippen LogP contribution in [-0.2, 0) is 13.1 Å². The molecule has 0 aliphatic carbocycles. The summed E-state index contributed by atoms with van der Waals surface area (Å²) in [7, 11) is 0. The van der Waals surface area contributed by atoms with Crippen LogP contribution in [0.15, 0.2) is 24.4 Å². The highest BCUT2D eigenvalue weighted by molar-refractivity contribution is 6.30. The standard InChI is InChI=1S/C17H24ClN3/c1-5-8-21-13(4)17(11-20-21)16-7-6-15(18)9-14(16)10-19-12(2)3/h6-7,9,11-12,19H,5,8,10H2,1-4H3. The Labute approximate surface area is 132 Å². The molecule has 4 heteroatoms. The SMILES string of the molecule is CCCn1ncc(-c2ccc(Cl)cc2CNC(C)C)c1C. The molecule has 0 aliphatic heterocycles. The van der Waals surface area contributed by atoms with E-state index in [2.05, 4.69) is 48.9 Å². The van der Waals surface area contributed by atoms with Crippen molar-refractivity contribution in [3.05, 3.63) is 40.7 Å². The molecular weight excluding hydrogens is 282 g/mol. The number of aromatic nitrogens is 2. The molecule has 2 rings (SSSR count). The molecule has 1 N–H and O–H groups in total. The summed E-state index contributed by atoms with van der Waals surface area (Å²) in [5.74, 6) is 0. The minimum atomic E-state index is 0.445. The third-order valence-electron chi connectivity index (χ3n) is 3.60. The number of halogens is 1. The lowest BCUT2D eigenvalue weighted by molar-refractivity contribution is 0.586. The van der Waals surface area contributed by atoms with Crippen LogP contribution in [0.2, 0.25) is 5.02 Å². The zero-order valence-electron chi connectivity index (χ0n) is 13.3. The molecule has 114 valence electrons. The van der Waals surface area contributed by atoms with Crippen molar-refractivity contribution in [3.8, 4) is 11.1 Å². The second-order valence-corrected chi connectivity index (χ2v) is 6.14. The van der Waals surface area contributed by atoms with E-state index in [9.17, 15) is 0 Å². The molecule has 1 aromatic heterocycles. The van der Waals surface area contributed by atoms with Gasteiger partial charge in [-0.3, -0.25) is 4.68 Å². The fourth-order valence-corrected chi connectivity index (χ4v) is 2.63. The van der Waals surface area contributed by atoms with Crippen molar-refractivity contribution in [2.45, 2.75) is 53.2 Å². The highest BCUT2D eigenvalue weighted by Crippen LogP contribution is 2.29. The van der Waals surface area contributed by atoms with Crippen LogP contribution < -0.4 is 5.32 Å². The maximum absolute atomic E-state index is 6.17. The van der Waals surface area contributed by atoms with Crippen molar-refractivity contribution < 1.29 is 0 Å². The van der Waals surface area contributed by atoms with E-state index in [4.69, 9.17) is 11.6 Å². The minimum Gasteiger partial charge on any atom is -0.310 e. The number of nitrogens with one attached hydrogen (secondary N) is 1. The summed E-state index contributed by atoms with van der Waals surface area (Å²) < 4.78 is 2.07. The van der Waals surface area contributed by atoms with Crippen molar-refractivity contribution in [2.24, 2.45) is 0 Å². The number of hydrogen-bond donors (Lipinski definition) is 1. The van der Waals surface area contributed by atoms with Crippen LogP contribution in [0, 0.1) is 6.92 Å². The normalized spacial score (nSPS) is 11.3. The van der Waals surface area contributed by atoms with Crippen LogP contribution >= 0.6 is 11.6 Å². The molecule has 0 aliphatic rings. The molecule has 0 saturated heterocycles. The van der Waals surface area contributed by atoms with Gasteiger partial charge in [-0.1, -0.05) is 38.4 Å². The van der Waals surface area contributed by atoms with Gasteiger partial charge >= 0.3 is 0 Å². The first-order chi connectivity index (χ1) is 10.0. The zero-order chi connectivity index (χ0) is 15.4. The summed E-state index contributed by atoms with van der Waals surface area (Å²) in [4.78, 5) is 0. The molecule has 0 atom stereocenters. The molecule has 0 spiro atoms. The lowest BCUT2D eigenvalue weighted by Gasteiger charge is -2.13. The molecule has 2 aromatic rings. The van der Waals surface area contributed by atoms with Crippen LogP contribution in [-0.4, -0.2) is 15.8 Å². The predicted molar refractivity (Wildman–Crippen MR) is 89.7 cm³/mol. The maximum Gasteiger partial charge on any atom is 0.0571 e. The Morgan fingerprint density at radius 1 is 1.29 bits per heavy atom. The summed E-state index contributed by atoms with van der Waals surface area (Å²) in [5, 5.41) is 8.74. The fourth-order valence-electron chi connectivity index (χ4n) is 2.43. The molecule has 0 bridgehead atoms. The number of nitrogens with zero attached hydrogens (tertiary/aromatic N) is 2. The monoisotopic (exact) mass is 305 g/mol. The summed E-state index contributed by atoms with van der Waals surface area (Å²) in [6.45, 7) is 10.4. The minimum absolute atomic E-state index is 0.445. The average molecular weight is 306 g/mol. The lowest BCUT2D eigenvalue weighted by atomic mass is 10.00. The number of rotatable bonds is 6. The van der Waals surface area contributed by atoms with Gasteiger partial charge in [0.25, 0.3) is 0 Å². The Bertz CT molecular complexity index is 602. The van der Waals surface area contributed by atoms with Crippen LogP contribution in [0.1, 0.15) is 38.4 Å². The Morgan fingerprint density at radius 2 is 2.05 bits per heavy atom. The van der Waals surface area contributed by atoms with E-state index in [1.807, 2.05) is 18.3 Å². The van der Waals surface area contributed by atoms with E-state index in [0.717, 1.165) is 24.5 Å². The maximum atomic E-state index is 6.17. The van der Waals surface area contributed by atoms with Gasteiger partial charge in [-0.05, 0) is 36.6 Å². The highest BCUT2D eigenvalue weighted by Gasteiger charge is 2.12. The molecule has 0 amide bonds. The van der Waals surface area contributed by atoms with Gasteiger partial charge in [0.05, 0.1) is 6.20 Å². The number of aryl methyl sites for hydroxylation is 1. The van der Waals surface area contributed by atoms with Gasteiger partial charge in [0.1, 0.15) is 0 Å². The van der Waals surface area contributed by atoms with Crippen LogP contribution in [0.25, 0.3) is 11.1 Å². The van der Waals surface area contributed by atoms with Crippen molar-refractivity contribution >= 4 is 11.6 Å².